The van der Waals surface area contributed by atoms with Crippen LogP contribution < -0.4 is 10.2 Å². The highest BCUT2D eigenvalue weighted by Gasteiger charge is 2.11. The number of benzene rings is 1. The molecule has 0 radical (unpaired) electrons. The van der Waals surface area contributed by atoms with E-state index < -0.39 is 0 Å². The lowest BCUT2D eigenvalue weighted by atomic mass is 10.2. The van der Waals surface area contributed by atoms with Gasteiger partial charge in [-0.15, -0.1) is 0 Å². The van der Waals surface area contributed by atoms with Crippen LogP contribution in [0.15, 0.2) is 30.3 Å². The van der Waals surface area contributed by atoms with Gasteiger partial charge in [0.1, 0.15) is 0 Å². The van der Waals surface area contributed by atoms with E-state index in [0.29, 0.717) is 0 Å². The zero-order valence-electron chi connectivity index (χ0n) is 9.95. The highest BCUT2D eigenvalue weighted by atomic mass is 15.1. The van der Waals surface area contributed by atoms with Gasteiger partial charge in [-0.05, 0) is 37.6 Å². The lowest BCUT2D eigenvalue weighted by molar-refractivity contribution is 0.922. The van der Waals surface area contributed by atoms with Gasteiger partial charge in [-0.25, -0.2) is 0 Å². The van der Waals surface area contributed by atoms with Gasteiger partial charge in [-0.3, -0.25) is 0 Å². The first kappa shape index (κ1) is 11.2. The van der Waals surface area contributed by atoms with Gasteiger partial charge >= 0.3 is 0 Å². The molecule has 1 aliphatic rings. The van der Waals surface area contributed by atoms with E-state index >= 15 is 0 Å². The van der Waals surface area contributed by atoms with Crippen molar-refractivity contribution in [3.05, 3.63) is 35.9 Å². The molecule has 16 heavy (non-hydrogen) atoms. The average Bonchev–Trinajstić information content (AvgIpc) is 2.83. The van der Waals surface area contributed by atoms with Crippen LogP contribution in [0.1, 0.15) is 18.4 Å². The molecule has 0 unspecified atom stereocenters. The summed E-state index contributed by atoms with van der Waals surface area (Å²) in [6.45, 7) is 3.35. The molecular weight excluding hydrogens is 196 g/mol. The van der Waals surface area contributed by atoms with Crippen LogP contribution >= 0.6 is 0 Å². The van der Waals surface area contributed by atoms with E-state index in [-0.39, 0.29) is 0 Å². The zero-order valence-corrected chi connectivity index (χ0v) is 9.95. The molecule has 0 aromatic heterocycles. The van der Waals surface area contributed by atoms with Gasteiger partial charge in [0, 0.05) is 25.3 Å². The molecule has 0 aliphatic carbocycles. The van der Waals surface area contributed by atoms with E-state index in [4.69, 9.17) is 0 Å². The number of nitrogens with zero attached hydrogens (tertiary/aromatic N) is 1. The van der Waals surface area contributed by atoms with Crippen molar-refractivity contribution in [2.45, 2.75) is 12.8 Å². The minimum Gasteiger partial charge on any atom is -0.372 e. The fraction of sp³-hybridized carbons (Fsp3) is 0.429. The molecule has 1 saturated heterocycles. The molecule has 1 fully saturated rings. The SMILES string of the molecule is CNCC=Cc1cccc(N2CCCC2)c1. The van der Waals surface area contributed by atoms with E-state index in [9.17, 15) is 0 Å². The Morgan fingerprint density at radius 1 is 1.31 bits per heavy atom. The Morgan fingerprint density at radius 2 is 2.12 bits per heavy atom. The summed E-state index contributed by atoms with van der Waals surface area (Å²) in [6, 6.07) is 8.79. The fourth-order valence-electron chi connectivity index (χ4n) is 2.11. The van der Waals surface area contributed by atoms with Gasteiger partial charge in [0.05, 0.1) is 0 Å². The maximum absolute atomic E-state index is 3.11. The first-order chi connectivity index (χ1) is 7.90. The van der Waals surface area contributed by atoms with Crippen molar-refractivity contribution in [1.82, 2.24) is 5.32 Å². The van der Waals surface area contributed by atoms with E-state index in [2.05, 4.69) is 46.6 Å². The quantitative estimate of drug-likeness (QED) is 0.832. The van der Waals surface area contributed by atoms with Crippen molar-refractivity contribution >= 4 is 11.8 Å². The molecule has 2 heteroatoms. The Bertz CT molecular complexity index is 352. The van der Waals surface area contributed by atoms with E-state index in [0.717, 1.165) is 6.54 Å². The first-order valence-corrected chi connectivity index (χ1v) is 6.06. The van der Waals surface area contributed by atoms with Gasteiger partial charge in [-0.2, -0.15) is 0 Å². The molecule has 1 heterocycles. The molecule has 1 aliphatic heterocycles. The van der Waals surface area contributed by atoms with E-state index in [1.807, 2.05) is 7.05 Å². The van der Waals surface area contributed by atoms with Crippen LogP contribution in [0.25, 0.3) is 6.08 Å². The number of hydrogen-bond donors (Lipinski definition) is 1. The summed E-state index contributed by atoms with van der Waals surface area (Å²) < 4.78 is 0. The molecule has 0 saturated carbocycles. The smallest absolute Gasteiger partial charge is 0.0372 e. The lowest BCUT2D eigenvalue weighted by Gasteiger charge is -2.17. The van der Waals surface area contributed by atoms with Crippen LogP contribution in [0.3, 0.4) is 0 Å². The third kappa shape index (κ3) is 2.86. The van der Waals surface area contributed by atoms with Crippen molar-refractivity contribution in [3.8, 4) is 0 Å². The van der Waals surface area contributed by atoms with Crippen molar-refractivity contribution in [3.63, 3.8) is 0 Å². The fourth-order valence-corrected chi connectivity index (χ4v) is 2.11. The summed E-state index contributed by atoms with van der Waals surface area (Å²) in [5, 5.41) is 3.11. The summed E-state index contributed by atoms with van der Waals surface area (Å²) >= 11 is 0. The Kier molecular flexibility index (Phi) is 4.00. The van der Waals surface area contributed by atoms with Crippen molar-refractivity contribution in [2.75, 3.05) is 31.6 Å². The van der Waals surface area contributed by atoms with Crippen molar-refractivity contribution in [2.24, 2.45) is 0 Å². The van der Waals surface area contributed by atoms with Crippen LogP contribution in [0, 0.1) is 0 Å². The standard InChI is InChI=1S/C14H20N2/c1-15-9-5-7-13-6-4-8-14(12-13)16-10-2-3-11-16/h4-8,12,15H,2-3,9-11H2,1H3. The molecule has 1 aromatic rings. The van der Waals surface area contributed by atoms with Gasteiger partial charge in [0.2, 0.25) is 0 Å². The predicted octanol–water partition coefficient (Wildman–Crippen LogP) is 2.52. The summed E-state index contributed by atoms with van der Waals surface area (Å²) in [5.74, 6) is 0. The van der Waals surface area contributed by atoms with Gasteiger partial charge in [0.25, 0.3) is 0 Å². The maximum atomic E-state index is 3.11. The maximum Gasteiger partial charge on any atom is 0.0372 e. The van der Waals surface area contributed by atoms with Crippen LogP contribution in [0.5, 0.6) is 0 Å². The Balaban J connectivity index is 2.06. The van der Waals surface area contributed by atoms with Gasteiger partial charge in [-0.1, -0.05) is 24.3 Å². The molecule has 2 nitrogen and oxygen atoms in total. The summed E-state index contributed by atoms with van der Waals surface area (Å²) in [5.41, 5.74) is 2.66. The first-order valence-electron chi connectivity index (χ1n) is 6.06. The second-order valence-electron chi connectivity index (χ2n) is 4.25. The van der Waals surface area contributed by atoms with Crippen molar-refractivity contribution in [1.29, 1.82) is 0 Å². The Labute approximate surface area is 98.0 Å². The molecular formula is C14H20N2. The molecule has 1 aromatic carbocycles. The highest BCUT2D eigenvalue weighted by molar-refractivity contribution is 5.58. The molecule has 0 amide bonds. The summed E-state index contributed by atoms with van der Waals surface area (Å²) in [6.07, 6.45) is 7.00. The Morgan fingerprint density at radius 3 is 2.88 bits per heavy atom. The van der Waals surface area contributed by atoms with E-state index in [1.54, 1.807) is 0 Å². The molecule has 86 valence electrons. The Hall–Kier alpha value is -1.28. The molecule has 0 spiro atoms. The van der Waals surface area contributed by atoms with Crippen LogP contribution in [0.2, 0.25) is 0 Å². The third-order valence-electron chi connectivity index (χ3n) is 2.97. The second kappa shape index (κ2) is 5.71. The molecule has 1 N–H and O–H groups in total. The summed E-state index contributed by atoms with van der Waals surface area (Å²) in [4.78, 5) is 2.47. The number of nitrogens with one attached hydrogen (secondary N) is 1. The lowest BCUT2D eigenvalue weighted by Crippen LogP contribution is -2.17. The minimum absolute atomic E-state index is 0.925. The van der Waals surface area contributed by atoms with E-state index in [1.165, 1.54) is 37.2 Å². The monoisotopic (exact) mass is 216 g/mol. The largest absolute Gasteiger partial charge is 0.372 e. The highest BCUT2D eigenvalue weighted by Crippen LogP contribution is 2.21. The molecule has 0 atom stereocenters. The summed E-state index contributed by atoms with van der Waals surface area (Å²) in [7, 11) is 1.96. The van der Waals surface area contributed by atoms with Crippen molar-refractivity contribution < 1.29 is 0 Å². The topological polar surface area (TPSA) is 15.3 Å². The normalized spacial score (nSPS) is 16.2. The third-order valence-corrected chi connectivity index (χ3v) is 2.97. The van der Waals surface area contributed by atoms with Gasteiger partial charge < -0.3 is 10.2 Å². The van der Waals surface area contributed by atoms with Gasteiger partial charge in [0.15, 0.2) is 0 Å². The number of likely N-dealkylation sites (N-methyl/N-ethyl adjacent to an activating group) is 1. The molecule has 0 bridgehead atoms. The average molecular weight is 216 g/mol. The predicted molar refractivity (Wildman–Crippen MR) is 70.8 cm³/mol. The van der Waals surface area contributed by atoms with Crippen LogP contribution in [0.4, 0.5) is 5.69 Å². The zero-order chi connectivity index (χ0) is 11.2. The number of rotatable bonds is 4. The second-order valence-corrected chi connectivity index (χ2v) is 4.25. The number of anilines is 1. The molecule has 2 rings (SSSR count). The van der Waals surface area contributed by atoms with Crippen LogP contribution in [-0.2, 0) is 0 Å². The van der Waals surface area contributed by atoms with Crippen LogP contribution in [-0.4, -0.2) is 26.7 Å². The minimum atomic E-state index is 0.925. The number of hydrogen-bond acceptors (Lipinski definition) is 2.